The van der Waals surface area contributed by atoms with Gasteiger partial charge in [0.25, 0.3) is 0 Å². The molecule has 124 valence electrons. The SMILES string of the molecule is CC(NCc1ccc(CS(C)(=O)=O)cc1)C(C)c1ccccc1. The Morgan fingerprint density at radius 2 is 1.48 bits per heavy atom. The van der Waals surface area contributed by atoms with E-state index in [9.17, 15) is 8.42 Å². The average Bonchev–Trinajstić information content (AvgIpc) is 2.52. The second kappa shape index (κ2) is 7.75. The normalized spacial score (nSPS) is 14.4. The Kier molecular flexibility index (Phi) is 5.97. The van der Waals surface area contributed by atoms with Gasteiger partial charge in [0.05, 0.1) is 5.75 Å². The molecule has 3 nitrogen and oxygen atoms in total. The Labute approximate surface area is 139 Å². The largest absolute Gasteiger partial charge is 0.310 e. The maximum atomic E-state index is 11.3. The maximum absolute atomic E-state index is 11.3. The first-order valence-electron chi connectivity index (χ1n) is 7.89. The Morgan fingerprint density at radius 3 is 2.04 bits per heavy atom. The smallest absolute Gasteiger partial charge is 0.151 e. The monoisotopic (exact) mass is 331 g/mol. The summed E-state index contributed by atoms with van der Waals surface area (Å²) >= 11 is 0. The molecule has 1 N–H and O–H groups in total. The van der Waals surface area contributed by atoms with Gasteiger partial charge in [-0.05, 0) is 29.5 Å². The third kappa shape index (κ3) is 5.81. The van der Waals surface area contributed by atoms with Crippen molar-refractivity contribution in [3.63, 3.8) is 0 Å². The summed E-state index contributed by atoms with van der Waals surface area (Å²) in [7, 11) is -2.97. The fourth-order valence-electron chi connectivity index (χ4n) is 2.56. The van der Waals surface area contributed by atoms with E-state index in [1.165, 1.54) is 11.8 Å². The van der Waals surface area contributed by atoms with E-state index >= 15 is 0 Å². The minimum absolute atomic E-state index is 0.0994. The lowest BCUT2D eigenvalue weighted by atomic mass is 9.94. The molecule has 0 saturated carbocycles. The van der Waals surface area contributed by atoms with E-state index in [2.05, 4.69) is 43.4 Å². The minimum atomic E-state index is -2.97. The van der Waals surface area contributed by atoms with E-state index < -0.39 is 9.84 Å². The van der Waals surface area contributed by atoms with Crippen LogP contribution in [0.1, 0.15) is 36.5 Å². The van der Waals surface area contributed by atoms with Gasteiger partial charge in [-0.3, -0.25) is 0 Å². The van der Waals surface area contributed by atoms with Crippen LogP contribution in [-0.4, -0.2) is 20.7 Å². The molecule has 0 heterocycles. The Hall–Kier alpha value is -1.65. The third-order valence-corrected chi connectivity index (χ3v) is 5.01. The van der Waals surface area contributed by atoms with Crippen LogP contribution in [0.4, 0.5) is 0 Å². The molecule has 2 unspecified atom stereocenters. The summed E-state index contributed by atoms with van der Waals surface area (Å²) in [4.78, 5) is 0. The number of benzene rings is 2. The predicted molar refractivity (Wildman–Crippen MR) is 96.1 cm³/mol. The first-order chi connectivity index (χ1) is 10.8. The Balaban J connectivity index is 1.90. The Morgan fingerprint density at radius 1 is 0.913 bits per heavy atom. The molecule has 4 heteroatoms. The fraction of sp³-hybridized carbons (Fsp3) is 0.368. The van der Waals surface area contributed by atoms with Crippen molar-refractivity contribution in [2.24, 2.45) is 0 Å². The second-order valence-corrected chi connectivity index (χ2v) is 8.40. The quantitative estimate of drug-likeness (QED) is 0.844. The molecule has 0 aliphatic heterocycles. The zero-order chi connectivity index (χ0) is 16.9. The molecule has 2 atom stereocenters. The van der Waals surface area contributed by atoms with Gasteiger partial charge < -0.3 is 5.32 Å². The minimum Gasteiger partial charge on any atom is -0.310 e. The lowest BCUT2D eigenvalue weighted by Crippen LogP contribution is -2.30. The van der Waals surface area contributed by atoms with Crippen molar-refractivity contribution >= 4 is 9.84 Å². The number of rotatable bonds is 7. The second-order valence-electron chi connectivity index (χ2n) is 6.26. The van der Waals surface area contributed by atoms with Gasteiger partial charge >= 0.3 is 0 Å². The van der Waals surface area contributed by atoms with Crippen molar-refractivity contribution in [2.75, 3.05) is 6.26 Å². The highest BCUT2D eigenvalue weighted by molar-refractivity contribution is 7.89. The summed E-state index contributed by atoms with van der Waals surface area (Å²) in [6.07, 6.45) is 1.26. The van der Waals surface area contributed by atoms with Crippen molar-refractivity contribution in [3.8, 4) is 0 Å². The van der Waals surface area contributed by atoms with Gasteiger partial charge in [0.1, 0.15) is 0 Å². The standard InChI is InChI=1S/C19H25NO2S/c1-15(19-7-5-4-6-8-19)16(2)20-13-17-9-11-18(12-10-17)14-23(3,21)22/h4-12,15-16,20H,13-14H2,1-3H3. The van der Waals surface area contributed by atoms with Gasteiger partial charge in [0.2, 0.25) is 0 Å². The molecule has 0 spiro atoms. The van der Waals surface area contributed by atoms with Crippen LogP contribution >= 0.6 is 0 Å². The lowest BCUT2D eigenvalue weighted by Gasteiger charge is -2.22. The van der Waals surface area contributed by atoms with Crippen LogP contribution < -0.4 is 5.32 Å². The molecular formula is C19H25NO2S. The first kappa shape index (κ1) is 17.7. The van der Waals surface area contributed by atoms with Crippen LogP contribution in [-0.2, 0) is 22.1 Å². The van der Waals surface area contributed by atoms with E-state index in [1.807, 2.05) is 30.3 Å². The number of hydrogen-bond acceptors (Lipinski definition) is 3. The molecule has 2 aromatic carbocycles. The van der Waals surface area contributed by atoms with Crippen LogP contribution in [0, 0.1) is 0 Å². The van der Waals surface area contributed by atoms with Gasteiger partial charge in [-0.1, -0.05) is 61.5 Å². The summed E-state index contributed by atoms with van der Waals surface area (Å²) < 4.78 is 22.6. The Bertz CT molecular complexity index is 709. The highest BCUT2D eigenvalue weighted by atomic mass is 32.2. The highest BCUT2D eigenvalue weighted by Crippen LogP contribution is 2.19. The number of hydrogen-bond donors (Lipinski definition) is 1. The van der Waals surface area contributed by atoms with Crippen LogP contribution in [0.3, 0.4) is 0 Å². The predicted octanol–water partition coefficient (Wildman–Crippen LogP) is 3.51. The molecule has 0 aromatic heterocycles. The molecule has 0 amide bonds. The van der Waals surface area contributed by atoms with Gasteiger partial charge in [-0.25, -0.2) is 8.42 Å². The molecule has 2 rings (SSSR count). The topological polar surface area (TPSA) is 46.2 Å². The van der Waals surface area contributed by atoms with Gasteiger partial charge in [-0.2, -0.15) is 0 Å². The van der Waals surface area contributed by atoms with Gasteiger partial charge in [-0.15, -0.1) is 0 Å². The van der Waals surface area contributed by atoms with E-state index in [1.54, 1.807) is 0 Å². The number of nitrogens with one attached hydrogen (secondary N) is 1. The lowest BCUT2D eigenvalue weighted by molar-refractivity contribution is 0.480. The van der Waals surface area contributed by atoms with Gasteiger partial charge in [0.15, 0.2) is 9.84 Å². The third-order valence-electron chi connectivity index (χ3n) is 4.16. The van der Waals surface area contributed by atoms with Crippen molar-refractivity contribution in [1.29, 1.82) is 0 Å². The summed E-state index contributed by atoms with van der Waals surface area (Å²) in [5, 5.41) is 3.55. The molecule has 0 saturated heterocycles. The first-order valence-corrected chi connectivity index (χ1v) is 9.95. The molecule has 0 aliphatic carbocycles. The van der Waals surface area contributed by atoms with Gasteiger partial charge in [0, 0.05) is 18.8 Å². The molecular weight excluding hydrogens is 306 g/mol. The van der Waals surface area contributed by atoms with Crippen molar-refractivity contribution in [2.45, 2.75) is 38.1 Å². The zero-order valence-corrected chi connectivity index (χ0v) is 14.8. The number of sulfone groups is 1. The zero-order valence-electron chi connectivity index (χ0n) is 14.0. The summed E-state index contributed by atoms with van der Waals surface area (Å²) in [5.41, 5.74) is 3.33. The van der Waals surface area contributed by atoms with Crippen LogP contribution in [0.2, 0.25) is 0 Å². The van der Waals surface area contributed by atoms with Crippen LogP contribution in [0.25, 0.3) is 0 Å². The van der Waals surface area contributed by atoms with E-state index in [-0.39, 0.29) is 5.75 Å². The molecule has 0 aliphatic rings. The summed E-state index contributed by atoms with van der Waals surface area (Å²) in [5.74, 6) is 0.531. The molecule has 23 heavy (non-hydrogen) atoms. The molecule has 0 bridgehead atoms. The van der Waals surface area contributed by atoms with Crippen molar-refractivity contribution in [1.82, 2.24) is 5.32 Å². The van der Waals surface area contributed by atoms with Crippen molar-refractivity contribution < 1.29 is 8.42 Å². The van der Waals surface area contributed by atoms with Crippen LogP contribution in [0.15, 0.2) is 54.6 Å². The molecule has 2 aromatic rings. The van der Waals surface area contributed by atoms with Crippen molar-refractivity contribution in [3.05, 3.63) is 71.3 Å². The molecule has 0 radical (unpaired) electrons. The summed E-state index contributed by atoms with van der Waals surface area (Å²) in [6, 6.07) is 18.6. The fourth-order valence-corrected chi connectivity index (χ4v) is 3.35. The van der Waals surface area contributed by atoms with E-state index in [0.717, 1.165) is 17.7 Å². The average molecular weight is 331 g/mol. The maximum Gasteiger partial charge on any atom is 0.151 e. The molecule has 0 fully saturated rings. The van der Waals surface area contributed by atoms with Crippen LogP contribution in [0.5, 0.6) is 0 Å². The van der Waals surface area contributed by atoms with E-state index in [0.29, 0.717) is 12.0 Å². The van der Waals surface area contributed by atoms with E-state index in [4.69, 9.17) is 0 Å². The highest BCUT2D eigenvalue weighted by Gasteiger charge is 2.13. The summed E-state index contributed by atoms with van der Waals surface area (Å²) in [6.45, 7) is 5.19.